The number of rotatable bonds is 5. The number of benzene rings is 1. The van der Waals surface area contributed by atoms with E-state index in [0.29, 0.717) is 13.0 Å². The van der Waals surface area contributed by atoms with E-state index >= 15 is 0 Å². The summed E-state index contributed by atoms with van der Waals surface area (Å²) in [6.45, 7) is 2.42. The summed E-state index contributed by atoms with van der Waals surface area (Å²) in [5, 5.41) is 10.4. The van der Waals surface area contributed by atoms with Crippen molar-refractivity contribution in [1.82, 2.24) is 4.90 Å². The van der Waals surface area contributed by atoms with Crippen molar-refractivity contribution < 1.29 is 19.0 Å². The maximum absolute atomic E-state index is 12.9. The summed E-state index contributed by atoms with van der Waals surface area (Å²) in [5.41, 5.74) is 0.768. The van der Waals surface area contributed by atoms with Gasteiger partial charge in [-0.05, 0) is 49.5 Å². The Kier molecular flexibility index (Phi) is 5.70. The molecule has 1 aliphatic rings. The molecule has 0 saturated carbocycles. The largest absolute Gasteiger partial charge is 0.469 e. The third-order valence-corrected chi connectivity index (χ3v) is 4.15. The molecule has 1 heterocycles. The molecule has 4 nitrogen and oxygen atoms in total. The molecule has 116 valence electrons. The highest BCUT2D eigenvalue weighted by Gasteiger charge is 2.26. The summed E-state index contributed by atoms with van der Waals surface area (Å²) in [4.78, 5) is 13.3. The molecule has 1 aliphatic heterocycles. The van der Waals surface area contributed by atoms with Crippen molar-refractivity contribution in [2.24, 2.45) is 5.92 Å². The summed E-state index contributed by atoms with van der Waals surface area (Å²) in [5.74, 6) is -0.295. The fraction of sp³-hybridized carbons (Fsp3) is 0.562. The summed E-state index contributed by atoms with van der Waals surface area (Å²) >= 11 is 0. The molecule has 2 rings (SSSR count). The lowest BCUT2D eigenvalue weighted by atomic mass is 9.87. The average Bonchev–Trinajstić information content (AvgIpc) is 2.53. The molecule has 21 heavy (non-hydrogen) atoms. The Morgan fingerprint density at radius 2 is 2.00 bits per heavy atom. The van der Waals surface area contributed by atoms with E-state index in [1.165, 1.54) is 19.2 Å². The van der Waals surface area contributed by atoms with E-state index in [-0.39, 0.29) is 17.7 Å². The van der Waals surface area contributed by atoms with Crippen LogP contribution in [0.25, 0.3) is 0 Å². The van der Waals surface area contributed by atoms with E-state index in [4.69, 9.17) is 0 Å². The average molecular weight is 295 g/mol. The van der Waals surface area contributed by atoms with Crippen LogP contribution in [0.2, 0.25) is 0 Å². The smallest absolute Gasteiger partial charge is 0.306 e. The number of nitrogens with zero attached hydrogens (tertiary/aromatic N) is 1. The van der Waals surface area contributed by atoms with Gasteiger partial charge in [0.15, 0.2) is 0 Å². The molecule has 0 aliphatic carbocycles. The van der Waals surface area contributed by atoms with Crippen molar-refractivity contribution in [1.29, 1.82) is 0 Å². The molecular weight excluding hydrogens is 273 g/mol. The van der Waals surface area contributed by atoms with Gasteiger partial charge >= 0.3 is 5.97 Å². The van der Waals surface area contributed by atoms with E-state index in [1.54, 1.807) is 12.1 Å². The Balaban J connectivity index is 1.80. The Bertz CT molecular complexity index is 455. The number of aliphatic hydroxyl groups excluding tert-OH is 1. The topological polar surface area (TPSA) is 49.8 Å². The minimum absolute atomic E-state index is 0.185. The van der Waals surface area contributed by atoms with Crippen LogP contribution in [0.1, 0.15) is 30.9 Å². The van der Waals surface area contributed by atoms with Gasteiger partial charge in [0.25, 0.3) is 0 Å². The van der Waals surface area contributed by atoms with Gasteiger partial charge in [-0.3, -0.25) is 4.79 Å². The van der Waals surface area contributed by atoms with Crippen LogP contribution < -0.4 is 0 Å². The van der Waals surface area contributed by atoms with Crippen molar-refractivity contribution in [3.05, 3.63) is 35.6 Å². The SMILES string of the molecule is COC(=O)CCN1CCC(C(O)c2ccc(F)cc2)CC1. The first kappa shape index (κ1) is 15.9. The first-order valence-corrected chi connectivity index (χ1v) is 7.33. The van der Waals surface area contributed by atoms with Crippen molar-refractivity contribution in [3.63, 3.8) is 0 Å². The highest BCUT2D eigenvalue weighted by atomic mass is 19.1. The first-order valence-electron chi connectivity index (χ1n) is 7.33. The van der Waals surface area contributed by atoms with Crippen molar-refractivity contribution in [2.75, 3.05) is 26.7 Å². The van der Waals surface area contributed by atoms with E-state index in [1.807, 2.05) is 0 Å². The van der Waals surface area contributed by atoms with E-state index < -0.39 is 6.10 Å². The van der Waals surface area contributed by atoms with Gasteiger partial charge in [0, 0.05) is 6.54 Å². The Morgan fingerprint density at radius 3 is 2.57 bits per heavy atom. The highest BCUT2D eigenvalue weighted by molar-refractivity contribution is 5.69. The lowest BCUT2D eigenvalue weighted by Crippen LogP contribution is -2.37. The van der Waals surface area contributed by atoms with Crippen LogP contribution in [-0.4, -0.2) is 42.7 Å². The van der Waals surface area contributed by atoms with Gasteiger partial charge in [-0.1, -0.05) is 12.1 Å². The van der Waals surface area contributed by atoms with Crippen molar-refractivity contribution >= 4 is 5.97 Å². The van der Waals surface area contributed by atoms with Crippen LogP contribution in [0.5, 0.6) is 0 Å². The Morgan fingerprint density at radius 1 is 1.38 bits per heavy atom. The fourth-order valence-corrected chi connectivity index (χ4v) is 2.78. The van der Waals surface area contributed by atoms with Crippen LogP contribution in [0.4, 0.5) is 4.39 Å². The normalized spacial score (nSPS) is 18.4. The number of likely N-dealkylation sites (tertiary alicyclic amines) is 1. The molecule has 5 heteroatoms. The van der Waals surface area contributed by atoms with E-state index in [0.717, 1.165) is 31.5 Å². The van der Waals surface area contributed by atoms with E-state index in [2.05, 4.69) is 9.64 Å². The summed E-state index contributed by atoms with van der Waals surface area (Å²) in [6, 6.07) is 6.04. The van der Waals surface area contributed by atoms with E-state index in [9.17, 15) is 14.3 Å². The maximum Gasteiger partial charge on any atom is 0.306 e. The number of hydrogen-bond donors (Lipinski definition) is 1. The number of halogens is 1. The second kappa shape index (κ2) is 7.52. The monoisotopic (exact) mass is 295 g/mol. The second-order valence-corrected chi connectivity index (χ2v) is 5.50. The molecule has 0 radical (unpaired) electrons. The molecule has 1 aromatic carbocycles. The molecule has 0 bridgehead atoms. The zero-order valence-electron chi connectivity index (χ0n) is 12.3. The molecule has 1 N–H and O–H groups in total. The zero-order valence-corrected chi connectivity index (χ0v) is 12.3. The number of carbonyl (C=O) groups excluding carboxylic acids is 1. The predicted molar refractivity (Wildman–Crippen MR) is 77.2 cm³/mol. The Hall–Kier alpha value is -1.46. The fourth-order valence-electron chi connectivity index (χ4n) is 2.78. The molecule has 0 spiro atoms. The van der Waals surface area contributed by atoms with Crippen molar-refractivity contribution in [3.8, 4) is 0 Å². The minimum Gasteiger partial charge on any atom is -0.469 e. The third-order valence-electron chi connectivity index (χ3n) is 4.15. The second-order valence-electron chi connectivity index (χ2n) is 5.50. The highest BCUT2D eigenvalue weighted by Crippen LogP contribution is 2.30. The molecule has 1 atom stereocenters. The van der Waals surface area contributed by atoms with Gasteiger partial charge < -0.3 is 14.7 Å². The summed E-state index contributed by atoms with van der Waals surface area (Å²) in [7, 11) is 1.40. The number of esters is 1. The van der Waals surface area contributed by atoms with Gasteiger partial charge in [-0.2, -0.15) is 0 Å². The van der Waals surface area contributed by atoms with Crippen molar-refractivity contribution in [2.45, 2.75) is 25.4 Å². The molecular formula is C16H22FNO3. The molecule has 1 fully saturated rings. The van der Waals surface area contributed by atoms with Crippen LogP contribution in [0, 0.1) is 11.7 Å². The molecule has 1 unspecified atom stereocenters. The number of ether oxygens (including phenoxy) is 1. The number of piperidine rings is 1. The maximum atomic E-state index is 12.9. The minimum atomic E-state index is -0.548. The van der Waals surface area contributed by atoms with Crippen LogP contribution in [-0.2, 0) is 9.53 Å². The lowest BCUT2D eigenvalue weighted by molar-refractivity contribution is -0.141. The lowest BCUT2D eigenvalue weighted by Gasteiger charge is -2.34. The number of aliphatic hydroxyl groups is 1. The van der Waals surface area contributed by atoms with Gasteiger partial charge in [-0.15, -0.1) is 0 Å². The quantitative estimate of drug-likeness (QED) is 0.846. The van der Waals surface area contributed by atoms with Gasteiger partial charge in [0.2, 0.25) is 0 Å². The van der Waals surface area contributed by atoms with Gasteiger partial charge in [0.05, 0.1) is 19.6 Å². The van der Waals surface area contributed by atoms with Gasteiger partial charge in [-0.25, -0.2) is 4.39 Å². The third kappa shape index (κ3) is 4.51. The number of carbonyl (C=O) groups is 1. The van der Waals surface area contributed by atoms with Crippen LogP contribution >= 0.6 is 0 Å². The summed E-state index contributed by atoms with van der Waals surface area (Å²) < 4.78 is 17.5. The first-order chi connectivity index (χ1) is 10.1. The number of hydrogen-bond acceptors (Lipinski definition) is 4. The molecule has 1 aromatic rings. The predicted octanol–water partition coefficient (Wildman–Crippen LogP) is 2.13. The number of methoxy groups -OCH3 is 1. The van der Waals surface area contributed by atoms with Crippen LogP contribution in [0.15, 0.2) is 24.3 Å². The molecule has 1 saturated heterocycles. The standard InChI is InChI=1S/C16H22FNO3/c1-21-15(19)8-11-18-9-6-13(7-10-18)16(20)12-2-4-14(17)5-3-12/h2-5,13,16,20H,6-11H2,1H3. The Labute approximate surface area is 124 Å². The molecule has 0 amide bonds. The summed E-state index contributed by atoms with van der Waals surface area (Å²) in [6.07, 6.45) is 1.61. The van der Waals surface area contributed by atoms with Gasteiger partial charge in [0.1, 0.15) is 5.82 Å². The van der Waals surface area contributed by atoms with Crippen LogP contribution in [0.3, 0.4) is 0 Å². The molecule has 0 aromatic heterocycles. The zero-order chi connectivity index (χ0) is 15.2.